The second-order valence-electron chi connectivity index (χ2n) is 6.69. The van der Waals surface area contributed by atoms with Crippen molar-refractivity contribution in [2.24, 2.45) is 0 Å². The van der Waals surface area contributed by atoms with Crippen LogP contribution in [0.1, 0.15) is 35.2 Å². The highest BCUT2D eigenvalue weighted by molar-refractivity contribution is 5.93. The molecular weight excluding hydrogens is 337 g/mol. The Bertz CT molecular complexity index is 948. The van der Waals surface area contributed by atoms with Crippen LogP contribution in [0.25, 0.3) is 10.9 Å². The molecule has 1 aliphatic carbocycles. The second kappa shape index (κ2) is 6.63. The lowest BCUT2D eigenvalue weighted by molar-refractivity contribution is -0.137. The van der Waals surface area contributed by atoms with Gasteiger partial charge in [0.15, 0.2) is 0 Å². The summed E-state index contributed by atoms with van der Waals surface area (Å²) in [6.07, 6.45) is -0.161. The first-order valence-electron chi connectivity index (χ1n) is 8.83. The summed E-state index contributed by atoms with van der Waals surface area (Å²) < 4.78 is 38.8. The topological polar surface area (TPSA) is 24.9 Å². The second-order valence-corrected chi connectivity index (χ2v) is 6.69. The van der Waals surface area contributed by atoms with Crippen LogP contribution in [0.5, 0.6) is 0 Å². The summed E-state index contributed by atoms with van der Waals surface area (Å²) in [5.74, 6) is 0. The van der Waals surface area contributed by atoms with E-state index in [1.54, 1.807) is 6.07 Å². The van der Waals surface area contributed by atoms with Crippen LogP contribution in [0.2, 0.25) is 0 Å². The third-order valence-corrected chi connectivity index (χ3v) is 4.89. The molecule has 0 aliphatic heterocycles. The van der Waals surface area contributed by atoms with E-state index in [9.17, 15) is 13.2 Å². The van der Waals surface area contributed by atoms with Gasteiger partial charge in [-0.25, -0.2) is 0 Å². The third-order valence-electron chi connectivity index (χ3n) is 4.89. The third kappa shape index (κ3) is 3.26. The van der Waals surface area contributed by atoms with E-state index in [1.807, 2.05) is 24.3 Å². The van der Waals surface area contributed by atoms with E-state index in [1.165, 1.54) is 17.7 Å². The van der Waals surface area contributed by atoms with Crippen LogP contribution in [0.15, 0.2) is 48.5 Å². The first-order chi connectivity index (χ1) is 12.5. The summed E-state index contributed by atoms with van der Waals surface area (Å²) in [5, 5.41) is 4.43. The van der Waals surface area contributed by atoms with Crippen LogP contribution in [-0.4, -0.2) is 4.98 Å². The smallest absolute Gasteiger partial charge is 0.380 e. The number of nitrogens with one attached hydrogen (secondary N) is 1. The minimum atomic E-state index is -4.32. The molecule has 0 saturated carbocycles. The Labute approximate surface area is 150 Å². The van der Waals surface area contributed by atoms with Gasteiger partial charge in [-0.1, -0.05) is 30.3 Å². The fourth-order valence-electron chi connectivity index (χ4n) is 3.62. The van der Waals surface area contributed by atoms with Crippen LogP contribution < -0.4 is 5.32 Å². The Kier molecular flexibility index (Phi) is 4.31. The van der Waals surface area contributed by atoms with Crippen molar-refractivity contribution in [1.29, 1.82) is 0 Å². The van der Waals surface area contributed by atoms with E-state index in [0.29, 0.717) is 12.1 Å². The van der Waals surface area contributed by atoms with Crippen LogP contribution in [-0.2, 0) is 25.6 Å². The van der Waals surface area contributed by atoms with Gasteiger partial charge in [-0.3, -0.25) is 4.98 Å². The maximum Gasteiger partial charge on any atom is 0.416 e. The van der Waals surface area contributed by atoms with E-state index >= 15 is 0 Å². The molecule has 0 amide bonds. The Morgan fingerprint density at radius 1 is 0.962 bits per heavy atom. The van der Waals surface area contributed by atoms with E-state index in [2.05, 4.69) is 5.32 Å². The van der Waals surface area contributed by atoms with Crippen LogP contribution in [0.3, 0.4) is 0 Å². The minimum absolute atomic E-state index is 0.352. The van der Waals surface area contributed by atoms with Crippen molar-refractivity contribution in [2.45, 2.75) is 38.4 Å². The molecular formula is C21H19F3N2. The Balaban J connectivity index is 1.69. The summed E-state index contributed by atoms with van der Waals surface area (Å²) in [4.78, 5) is 4.79. The maximum absolute atomic E-state index is 12.9. The highest BCUT2D eigenvalue weighted by Gasteiger charge is 2.30. The number of anilines is 1. The van der Waals surface area contributed by atoms with Gasteiger partial charge in [0.2, 0.25) is 0 Å². The SMILES string of the molecule is FC(F)(F)c1cccc(CNc2c3c(nc4ccccc24)CCCC3)c1. The standard InChI is InChI=1S/C21H19F3N2/c22-21(23,24)15-7-5-6-14(12-15)13-25-20-16-8-1-3-10-18(16)26-19-11-4-2-9-17(19)20/h1,3,5-8,10,12H,2,4,9,11,13H2,(H,25,26). The van der Waals surface area contributed by atoms with Crippen molar-refractivity contribution in [2.75, 3.05) is 5.32 Å². The van der Waals surface area contributed by atoms with E-state index in [-0.39, 0.29) is 0 Å². The monoisotopic (exact) mass is 356 g/mol. The molecule has 0 bridgehead atoms. The zero-order chi connectivity index (χ0) is 18.1. The van der Waals surface area contributed by atoms with Crippen molar-refractivity contribution in [3.8, 4) is 0 Å². The van der Waals surface area contributed by atoms with Gasteiger partial charge in [0.1, 0.15) is 0 Å². The fourth-order valence-corrected chi connectivity index (χ4v) is 3.62. The van der Waals surface area contributed by atoms with Gasteiger partial charge in [0.25, 0.3) is 0 Å². The van der Waals surface area contributed by atoms with Crippen molar-refractivity contribution < 1.29 is 13.2 Å². The molecule has 2 nitrogen and oxygen atoms in total. The molecule has 0 fully saturated rings. The summed E-state index contributed by atoms with van der Waals surface area (Å²) in [6, 6.07) is 13.4. The highest BCUT2D eigenvalue weighted by atomic mass is 19.4. The first kappa shape index (κ1) is 16.9. The predicted molar refractivity (Wildman–Crippen MR) is 97.2 cm³/mol. The van der Waals surface area contributed by atoms with Crippen LogP contribution in [0, 0.1) is 0 Å². The van der Waals surface area contributed by atoms with E-state index in [4.69, 9.17) is 4.98 Å². The summed E-state index contributed by atoms with van der Waals surface area (Å²) >= 11 is 0. The first-order valence-corrected chi connectivity index (χ1v) is 8.83. The zero-order valence-electron chi connectivity index (χ0n) is 14.2. The molecule has 4 rings (SSSR count). The average Bonchev–Trinajstić information content (AvgIpc) is 2.64. The fraction of sp³-hybridized carbons (Fsp3) is 0.286. The highest BCUT2D eigenvalue weighted by Crippen LogP contribution is 2.34. The molecule has 0 saturated heterocycles. The van der Waals surface area contributed by atoms with Gasteiger partial charge in [0, 0.05) is 23.3 Å². The molecule has 2 aromatic carbocycles. The molecule has 134 valence electrons. The molecule has 0 unspecified atom stereocenters. The Hall–Kier alpha value is -2.56. The number of fused-ring (bicyclic) bond motifs is 2. The molecule has 0 spiro atoms. The van der Waals surface area contributed by atoms with Gasteiger partial charge in [-0.05, 0) is 55.0 Å². The summed E-state index contributed by atoms with van der Waals surface area (Å²) in [5.41, 5.74) is 4.27. The van der Waals surface area contributed by atoms with Crippen molar-refractivity contribution >= 4 is 16.6 Å². The molecule has 26 heavy (non-hydrogen) atoms. The van der Waals surface area contributed by atoms with Crippen LogP contribution >= 0.6 is 0 Å². The normalized spacial score (nSPS) is 14.3. The Morgan fingerprint density at radius 2 is 1.77 bits per heavy atom. The van der Waals surface area contributed by atoms with Gasteiger partial charge in [-0.15, -0.1) is 0 Å². The van der Waals surface area contributed by atoms with Crippen molar-refractivity contribution in [3.63, 3.8) is 0 Å². The number of aromatic nitrogens is 1. The quantitative estimate of drug-likeness (QED) is 0.647. The van der Waals surface area contributed by atoms with E-state index in [0.717, 1.165) is 54.0 Å². The largest absolute Gasteiger partial charge is 0.416 e. The number of halogens is 3. The molecule has 1 aliphatic rings. The van der Waals surface area contributed by atoms with Gasteiger partial charge in [-0.2, -0.15) is 13.2 Å². The van der Waals surface area contributed by atoms with Gasteiger partial charge in [0.05, 0.1) is 11.1 Å². The number of pyridine rings is 1. The van der Waals surface area contributed by atoms with Gasteiger partial charge >= 0.3 is 6.18 Å². The van der Waals surface area contributed by atoms with Crippen molar-refractivity contribution in [1.82, 2.24) is 4.98 Å². The Morgan fingerprint density at radius 3 is 2.62 bits per heavy atom. The lowest BCUT2D eigenvalue weighted by Gasteiger charge is -2.22. The number of hydrogen-bond donors (Lipinski definition) is 1. The number of aryl methyl sites for hydroxylation is 1. The summed E-state index contributed by atoms with van der Waals surface area (Å²) in [6.45, 7) is 0.352. The van der Waals surface area contributed by atoms with Crippen molar-refractivity contribution in [3.05, 3.63) is 70.9 Å². The number of para-hydroxylation sites is 1. The summed E-state index contributed by atoms with van der Waals surface area (Å²) in [7, 11) is 0. The number of nitrogens with zero attached hydrogens (tertiary/aromatic N) is 1. The number of benzene rings is 2. The molecule has 0 radical (unpaired) electrons. The number of alkyl halides is 3. The van der Waals surface area contributed by atoms with E-state index < -0.39 is 11.7 Å². The molecule has 1 aromatic heterocycles. The number of rotatable bonds is 3. The zero-order valence-corrected chi connectivity index (χ0v) is 14.2. The maximum atomic E-state index is 12.9. The average molecular weight is 356 g/mol. The molecule has 5 heteroatoms. The predicted octanol–water partition coefficient (Wildman–Crippen LogP) is 5.74. The molecule has 3 aromatic rings. The molecule has 1 N–H and O–H groups in total. The lowest BCUT2D eigenvalue weighted by atomic mass is 9.92. The minimum Gasteiger partial charge on any atom is -0.380 e. The lowest BCUT2D eigenvalue weighted by Crippen LogP contribution is -2.12. The molecule has 1 heterocycles. The van der Waals surface area contributed by atoms with Gasteiger partial charge < -0.3 is 5.32 Å². The molecule has 0 atom stereocenters. The number of hydrogen-bond acceptors (Lipinski definition) is 2. The van der Waals surface area contributed by atoms with Crippen LogP contribution in [0.4, 0.5) is 18.9 Å².